The van der Waals surface area contributed by atoms with Crippen LogP contribution in [0, 0.1) is 5.41 Å². The van der Waals surface area contributed by atoms with E-state index in [1.54, 1.807) is 49.8 Å². The molecule has 1 N–H and O–H groups in total. The van der Waals surface area contributed by atoms with Gasteiger partial charge in [0.1, 0.15) is 23.4 Å². The topological polar surface area (TPSA) is 105 Å². The quantitative estimate of drug-likeness (QED) is 0.252. The van der Waals surface area contributed by atoms with E-state index in [9.17, 15) is 19.2 Å². The van der Waals surface area contributed by atoms with Gasteiger partial charge in [-0.3, -0.25) is 14.4 Å². The van der Waals surface area contributed by atoms with Gasteiger partial charge in [0.05, 0.1) is 13.2 Å². The van der Waals surface area contributed by atoms with E-state index in [0.717, 1.165) is 22.3 Å². The lowest BCUT2D eigenvalue weighted by molar-refractivity contribution is -0.151. The summed E-state index contributed by atoms with van der Waals surface area (Å²) in [4.78, 5) is 57.9. The highest BCUT2D eigenvalue weighted by molar-refractivity contribution is 5.94. The van der Waals surface area contributed by atoms with Crippen LogP contribution < -0.4 is 10.1 Å². The molecule has 256 valence electrons. The van der Waals surface area contributed by atoms with Crippen molar-refractivity contribution in [3.63, 3.8) is 0 Å². The molecule has 3 atom stereocenters. The zero-order valence-electron chi connectivity index (χ0n) is 29.6. The lowest BCUT2D eigenvalue weighted by atomic mass is 9.84. The predicted octanol–water partition coefficient (Wildman–Crippen LogP) is 6.88. The van der Waals surface area contributed by atoms with E-state index in [-0.39, 0.29) is 30.7 Å². The number of amides is 3. The molecule has 3 aromatic rings. The number of hydrogen-bond acceptors (Lipinski definition) is 6. The van der Waals surface area contributed by atoms with Gasteiger partial charge in [0.2, 0.25) is 11.8 Å². The SMILES string of the molecule is COc1cccc([C@@H](C)N(Cc2ccc(C(C)=O)cc2)C(=O)[C@@H]2Cc3ccccc3CN2C(=O)[C@@H](NC(=O)OC(C)(C)C)C(C)(C)C)c1. The van der Waals surface area contributed by atoms with E-state index < -0.39 is 35.2 Å². The van der Waals surface area contributed by atoms with Crippen molar-refractivity contribution in [1.82, 2.24) is 15.1 Å². The van der Waals surface area contributed by atoms with Gasteiger partial charge in [-0.1, -0.05) is 81.4 Å². The molecule has 1 aliphatic rings. The minimum atomic E-state index is -0.962. The maximum absolute atomic E-state index is 15.0. The molecule has 0 saturated carbocycles. The molecule has 0 saturated heterocycles. The molecule has 0 bridgehead atoms. The molecular weight excluding hydrogens is 606 g/mol. The van der Waals surface area contributed by atoms with Gasteiger partial charge < -0.3 is 24.6 Å². The molecule has 0 unspecified atom stereocenters. The monoisotopic (exact) mass is 655 g/mol. The van der Waals surface area contributed by atoms with Crippen LogP contribution in [0.15, 0.2) is 72.8 Å². The third-order valence-corrected chi connectivity index (χ3v) is 8.63. The molecule has 0 aromatic heterocycles. The maximum atomic E-state index is 15.0. The van der Waals surface area contributed by atoms with Crippen LogP contribution in [-0.4, -0.2) is 58.3 Å². The lowest BCUT2D eigenvalue weighted by Gasteiger charge is -2.43. The Kier molecular flexibility index (Phi) is 11.0. The van der Waals surface area contributed by atoms with Crippen LogP contribution in [0.1, 0.15) is 94.0 Å². The van der Waals surface area contributed by atoms with Gasteiger partial charge in [-0.2, -0.15) is 0 Å². The number of nitrogens with zero attached hydrogens (tertiary/aromatic N) is 2. The number of rotatable bonds is 9. The van der Waals surface area contributed by atoms with E-state index in [0.29, 0.717) is 17.7 Å². The summed E-state index contributed by atoms with van der Waals surface area (Å²) in [6.07, 6.45) is -0.382. The van der Waals surface area contributed by atoms with E-state index in [2.05, 4.69) is 5.32 Å². The van der Waals surface area contributed by atoms with Crippen molar-refractivity contribution in [2.24, 2.45) is 5.41 Å². The number of methoxy groups -OCH3 is 1. The Balaban J connectivity index is 1.77. The number of hydrogen-bond donors (Lipinski definition) is 1. The fourth-order valence-electron chi connectivity index (χ4n) is 5.94. The van der Waals surface area contributed by atoms with Crippen molar-refractivity contribution in [1.29, 1.82) is 0 Å². The average Bonchev–Trinajstić information content (AvgIpc) is 3.03. The van der Waals surface area contributed by atoms with E-state index in [1.807, 2.05) is 88.4 Å². The molecule has 3 amide bonds. The first-order chi connectivity index (χ1) is 22.5. The van der Waals surface area contributed by atoms with Crippen LogP contribution >= 0.6 is 0 Å². The summed E-state index contributed by atoms with van der Waals surface area (Å²) < 4.78 is 11.0. The molecule has 0 aliphatic carbocycles. The van der Waals surface area contributed by atoms with Crippen molar-refractivity contribution in [2.45, 2.75) is 98.6 Å². The Labute approximate surface area is 284 Å². The van der Waals surface area contributed by atoms with Gasteiger partial charge in [-0.05, 0) is 74.4 Å². The minimum Gasteiger partial charge on any atom is -0.497 e. The Morgan fingerprint density at radius 2 is 1.56 bits per heavy atom. The number of ether oxygens (including phenoxy) is 2. The summed E-state index contributed by atoms with van der Waals surface area (Å²) in [7, 11) is 1.60. The van der Waals surface area contributed by atoms with Crippen LogP contribution in [0.5, 0.6) is 5.75 Å². The normalized spacial score (nSPS) is 15.9. The highest BCUT2D eigenvalue weighted by atomic mass is 16.6. The molecule has 0 fully saturated rings. The van der Waals surface area contributed by atoms with Gasteiger partial charge in [0.15, 0.2) is 5.78 Å². The number of nitrogens with one attached hydrogen (secondary N) is 1. The van der Waals surface area contributed by atoms with Gasteiger partial charge >= 0.3 is 6.09 Å². The van der Waals surface area contributed by atoms with Crippen LogP contribution in [0.25, 0.3) is 0 Å². The summed E-state index contributed by atoms with van der Waals surface area (Å²) in [5.41, 5.74) is 2.80. The number of carbonyl (C=O) groups is 4. The fourth-order valence-corrected chi connectivity index (χ4v) is 5.94. The highest BCUT2D eigenvalue weighted by Gasteiger charge is 2.44. The van der Waals surface area contributed by atoms with Gasteiger partial charge in [-0.15, -0.1) is 0 Å². The third-order valence-electron chi connectivity index (χ3n) is 8.63. The van der Waals surface area contributed by atoms with Gasteiger partial charge in [-0.25, -0.2) is 4.79 Å². The summed E-state index contributed by atoms with van der Waals surface area (Å²) in [6.45, 7) is 14.9. The second-order valence-electron chi connectivity index (χ2n) is 14.6. The first-order valence-corrected chi connectivity index (χ1v) is 16.4. The van der Waals surface area contributed by atoms with Crippen LogP contribution in [-0.2, 0) is 33.8 Å². The van der Waals surface area contributed by atoms with Gasteiger partial charge in [0.25, 0.3) is 0 Å². The fraction of sp³-hybridized carbons (Fsp3) is 0.436. The van der Waals surface area contributed by atoms with Crippen molar-refractivity contribution in [2.75, 3.05) is 7.11 Å². The molecule has 1 heterocycles. The zero-order valence-corrected chi connectivity index (χ0v) is 29.6. The molecule has 9 heteroatoms. The van der Waals surface area contributed by atoms with Crippen molar-refractivity contribution >= 4 is 23.7 Å². The van der Waals surface area contributed by atoms with Crippen LogP contribution in [0.4, 0.5) is 4.79 Å². The van der Waals surface area contributed by atoms with Crippen molar-refractivity contribution < 1.29 is 28.7 Å². The smallest absolute Gasteiger partial charge is 0.408 e. The second-order valence-corrected chi connectivity index (χ2v) is 14.6. The second kappa shape index (κ2) is 14.6. The number of Topliss-reactive ketones (excluding diaryl/α,β-unsaturated/α-hetero) is 1. The molecule has 0 radical (unpaired) electrons. The number of benzene rings is 3. The third kappa shape index (κ3) is 8.82. The first kappa shape index (κ1) is 36.2. The summed E-state index contributed by atoms with van der Waals surface area (Å²) in [6, 6.07) is 20.5. The zero-order chi connectivity index (χ0) is 35.4. The Morgan fingerprint density at radius 1 is 0.917 bits per heavy atom. The number of alkyl carbamates (subject to hydrolysis) is 1. The van der Waals surface area contributed by atoms with Gasteiger partial charge in [0, 0.05) is 25.1 Å². The number of ketones is 1. The molecule has 9 nitrogen and oxygen atoms in total. The molecule has 4 rings (SSSR count). The Hall–Kier alpha value is -4.66. The standard InChI is InChI=1S/C39H49N3O6/c1-25(29-15-12-16-32(21-29)47-9)41(23-27-17-19-28(20-18-27)26(2)43)35(44)33-22-30-13-10-11-14-31(30)24-42(33)36(45)34(38(3,4)5)40-37(46)48-39(6,7)8/h10-21,25,33-34H,22-24H2,1-9H3,(H,40,46)/t25-,33+,34-/m1/s1. The number of carbonyl (C=O) groups excluding carboxylic acids is 4. The van der Waals surface area contributed by atoms with E-state index in [4.69, 9.17) is 9.47 Å². The molecule has 48 heavy (non-hydrogen) atoms. The molecule has 3 aromatic carbocycles. The Morgan fingerprint density at radius 3 is 2.15 bits per heavy atom. The van der Waals surface area contributed by atoms with E-state index in [1.165, 1.54) is 6.92 Å². The van der Waals surface area contributed by atoms with Crippen molar-refractivity contribution in [3.8, 4) is 5.75 Å². The summed E-state index contributed by atoms with van der Waals surface area (Å²) in [5, 5.41) is 2.82. The minimum absolute atomic E-state index is 0.0392. The van der Waals surface area contributed by atoms with Crippen LogP contribution in [0.3, 0.4) is 0 Å². The largest absolute Gasteiger partial charge is 0.497 e. The summed E-state index contributed by atoms with van der Waals surface area (Å²) in [5.74, 6) is 0.0413. The average molecular weight is 656 g/mol. The van der Waals surface area contributed by atoms with Crippen LogP contribution in [0.2, 0.25) is 0 Å². The lowest BCUT2D eigenvalue weighted by Crippen LogP contribution is -2.61. The van der Waals surface area contributed by atoms with E-state index >= 15 is 0 Å². The first-order valence-electron chi connectivity index (χ1n) is 16.4. The predicted molar refractivity (Wildman–Crippen MR) is 186 cm³/mol. The number of fused-ring (bicyclic) bond motifs is 1. The van der Waals surface area contributed by atoms with Crippen molar-refractivity contribution in [3.05, 3.63) is 101 Å². The molecule has 1 aliphatic heterocycles. The Bertz CT molecular complexity index is 1640. The molecule has 0 spiro atoms. The summed E-state index contributed by atoms with van der Waals surface area (Å²) >= 11 is 0. The maximum Gasteiger partial charge on any atom is 0.408 e. The molecular formula is C39H49N3O6. The highest BCUT2D eigenvalue weighted by Crippen LogP contribution is 2.32.